The van der Waals surface area contributed by atoms with Crippen LogP contribution < -0.4 is 4.74 Å². The fourth-order valence-electron chi connectivity index (χ4n) is 1.43. The highest BCUT2D eigenvalue weighted by atomic mass is 16.5. The maximum atomic E-state index is 11.1. The lowest BCUT2D eigenvalue weighted by atomic mass is 9.96. The first-order valence-corrected chi connectivity index (χ1v) is 5.02. The van der Waals surface area contributed by atoms with Crippen molar-refractivity contribution >= 4 is 11.9 Å². The number of benzene rings is 1. The van der Waals surface area contributed by atoms with Crippen LogP contribution in [0.3, 0.4) is 0 Å². The lowest BCUT2D eigenvalue weighted by Crippen LogP contribution is -2.16. The van der Waals surface area contributed by atoms with Gasteiger partial charge in [0.2, 0.25) is 0 Å². The largest absolute Gasteiger partial charge is 0.497 e. The number of esters is 1. The first kappa shape index (κ1) is 13.0. The summed E-state index contributed by atoms with van der Waals surface area (Å²) in [5.74, 6) is -1.86. The van der Waals surface area contributed by atoms with Gasteiger partial charge < -0.3 is 14.6 Å². The molecular formula is C12H14O5. The number of carboxylic acid groups (broad SMARTS) is 1. The predicted octanol–water partition coefficient (Wildman–Crippen LogP) is 1.43. The van der Waals surface area contributed by atoms with E-state index in [2.05, 4.69) is 4.74 Å². The minimum atomic E-state index is -1.06. The van der Waals surface area contributed by atoms with Crippen molar-refractivity contribution in [2.45, 2.75) is 12.3 Å². The second-order valence-electron chi connectivity index (χ2n) is 3.44. The van der Waals surface area contributed by atoms with Gasteiger partial charge in [-0.2, -0.15) is 0 Å². The second kappa shape index (κ2) is 5.89. The topological polar surface area (TPSA) is 72.8 Å². The fourth-order valence-corrected chi connectivity index (χ4v) is 1.43. The quantitative estimate of drug-likeness (QED) is 0.785. The van der Waals surface area contributed by atoms with Crippen molar-refractivity contribution < 1.29 is 24.2 Å². The Morgan fingerprint density at radius 1 is 1.24 bits per heavy atom. The molecule has 1 aromatic rings. The molecule has 0 spiro atoms. The van der Waals surface area contributed by atoms with E-state index in [9.17, 15) is 9.59 Å². The summed E-state index contributed by atoms with van der Waals surface area (Å²) in [4.78, 5) is 22.2. The van der Waals surface area contributed by atoms with Gasteiger partial charge in [-0.15, -0.1) is 0 Å². The molecule has 0 saturated carbocycles. The molecule has 0 aliphatic carbocycles. The number of hydrogen-bond donors (Lipinski definition) is 1. The molecule has 92 valence electrons. The van der Waals surface area contributed by atoms with Gasteiger partial charge in [-0.3, -0.25) is 9.59 Å². The number of methoxy groups -OCH3 is 2. The van der Waals surface area contributed by atoms with E-state index in [0.29, 0.717) is 11.3 Å². The fraction of sp³-hybridized carbons (Fsp3) is 0.333. The summed E-state index contributed by atoms with van der Waals surface area (Å²) in [6.07, 6.45) is -0.182. The van der Waals surface area contributed by atoms with Gasteiger partial charge in [0.25, 0.3) is 0 Å². The third kappa shape index (κ3) is 3.48. The Labute approximate surface area is 99.0 Å². The Morgan fingerprint density at radius 3 is 2.24 bits per heavy atom. The number of carbonyl (C=O) groups excluding carboxylic acids is 1. The van der Waals surface area contributed by atoms with E-state index >= 15 is 0 Å². The average molecular weight is 238 g/mol. The number of carboxylic acids is 1. The molecule has 0 fully saturated rings. The molecule has 17 heavy (non-hydrogen) atoms. The molecule has 1 unspecified atom stereocenters. The highest BCUT2D eigenvalue weighted by molar-refractivity contribution is 5.83. The molecule has 1 atom stereocenters. The van der Waals surface area contributed by atoms with Gasteiger partial charge in [0.1, 0.15) is 5.75 Å². The van der Waals surface area contributed by atoms with Crippen LogP contribution in [-0.2, 0) is 14.3 Å². The van der Waals surface area contributed by atoms with Gasteiger partial charge in [0, 0.05) is 0 Å². The first-order valence-electron chi connectivity index (χ1n) is 5.02. The van der Waals surface area contributed by atoms with E-state index in [4.69, 9.17) is 9.84 Å². The Hall–Kier alpha value is -2.04. The van der Waals surface area contributed by atoms with Crippen molar-refractivity contribution in [3.05, 3.63) is 29.8 Å². The first-order chi connectivity index (χ1) is 8.08. The second-order valence-corrected chi connectivity index (χ2v) is 3.44. The molecule has 0 radical (unpaired) electrons. The average Bonchev–Trinajstić information content (AvgIpc) is 2.35. The number of carbonyl (C=O) groups is 2. The van der Waals surface area contributed by atoms with E-state index in [1.807, 2.05) is 0 Å². The summed E-state index contributed by atoms with van der Waals surface area (Å²) in [5.41, 5.74) is 0.545. The molecule has 0 aromatic heterocycles. The summed E-state index contributed by atoms with van der Waals surface area (Å²) >= 11 is 0. The monoisotopic (exact) mass is 238 g/mol. The Balaban J connectivity index is 2.89. The summed E-state index contributed by atoms with van der Waals surface area (Å²) in [5, 5.41) is 9.06. The third-order valence-electron chi connectivity index (χ3n) is 2.41. The van der Waals surface area contributed by atoms with Crippen LogP contribution in [0, 0.1) is 0 Å². The Kier molecular flexibility index (Phi) is 4.51. The van der Waals surface area contributed by atoms with E-state index in [1.54, 1.807) is 24.3 Å². The predicted molar refractivity (Wildman–Crippen MR) is 60.0 cm³/mol. The smallest absolute Gasteiger partial charge is 0.311 e. The summed E-state index contributed by atoms with van der Waals surface area (Å²) in [6, 6.07) is 6.56. The van der Waals surface area contributed by atoms with Gasteiger partial charge in [-0.05, 0) is 17.7 Å². The number of ether oxygens (including phenoxy) is 2. The molecule has 1 N–H and O–H groups in total. The van der Waals surface area contributed by atoms with E-state index in [-0.39, 0.29) is 6.42 Å². The number of aliphatic carboxylic acids is 1. The summed E-state index contributed by atoms with van der Waals surface area (Å²) in [7, 11) is 2.76. The Morgan fingerprint density at radius 2 is 1.82 bits per heavy atom. The zero-order chi connectivity index (χ0) is 12.8. The molecule has 5 nitrogen and oxygen atoms in total. The van der Waals surface area contributed by atoms with Crippen LogP contribution in [0.5, 0.6) is 5.75 Å². The zero-order valence-corrected chi connectivity index (χ0v) is 9.67. The molecule has 0 heterocycles. The number of rotatable bonds is 5. The van der Waals surface area contributed by atoms with Gasteiger partial charge in [-0.25, -0.2) is 0 Å². The van der Waals surface area contributed by atoms with Crippen LogP contribution in [-0.4, -0.2) is 31.3 Å². The van der Waals surface area contributed by atoms with Gasteiger partial charge in [-0.1, -0.05) is 12.1 Å². The van der Waals surface area contributed by atoms with E-state index in [0.717, 1.165) is 0 Å². The number of hydrogen-bond acceptors (Lipinski definition) is 4. The molecule has 0 aliphatic rings. The molecule has 0 aliphatic heterocycles. The minimum Gasteiger partial charge on any atom is -0.497 e. The molecule has 1 rings (SSSR count). The lowest BCUT2D eigenvalue weighted by molar-refractivity contribution is -0.147. The molecule has 0 saturated heterocycles. The molecule has 5 heteroatoms. The minimum absolute atomic E-state index is 0.182. The normalized spacial score (nSPS) is 11.6. The summed E-state index contributed by atoms with van der Waals surface area (Å²) < 4.78 is 9.44. The summed E-state index contributed by atoms with van der Waals surface area (Å²) in [6.45, 7) is 0. The highest BCUT2D eigenvalue weighted by Crippen LogP contribution is 2.23. The maximum Gasteiger partial charge on any atom is 0.311 e. The third-order valence-corrected chi connectivity index (χ3v) is 2.41. The molecule has 1 aromatic carbocycles. The van der Waals surface area contributed by atoms with Crippen molar-refractivity contribution in [3.63, 3.8) is 0 Å². The van der Waals surface area contributed by atoms with Crippen LogP contribution in [0.15, 0.2) is 24.3 Å². The highest BCUT2D eigenvalue weighted by Gasteiger charge is 2.23. The zero-order valence-electron chi connectivity index (χ0n) is 9.67. The van der Waals surface area contributed by atoms with Crippen molar-refractivity contribution in [3.8, 4) is 5.75 Å². The van der Waals surface area contributed by atoms with E-state index < -0.39 is 17.9 Å². The van der Waals surface area contributed by atoms with Crippen LogP contribution >= 0.6 is 0 Å². The lowest BCUT2D eigenvalue weighted by Gasteiger charge is -2.11. The van der Waals surface area contributed by atoms with E-state index in [1.165, 1.54) is 14.2 Å². The van der Waals surface area contributed by atoms with Crippen molar-refractivity contribution in [2.75, 3.05) is 14.2 Å². The molecule has 0 bridgehead atoms. The van der Waals surface area contributed by atoms with Gasteiger partial charge in [0.05, 0.1) is 26.6 Å². The van der Waals surface area contributed by atoms with Crippen LogP contribution in [0.1, 0.15) is 17.9 Å². The van der Waals surface area contributed by atoms with Gasteiger partial charge in [0.15, 0.2) is 0 Å². The van der Waals surface area contributed by atoms with Crippen LogP contribution in [0.25, 0.3) is 0 Å². The van der Waals surface area contributed by atoms with Crippen LogP contribution in [0.2, 0.25) is 0 Å². The van der Waals surface area contributed by atoms with Crippen molar-refractivity contribution in [2.24, 2.45) is 0 Å². The molecular weight excluding hydrogens is 224 g/mol. The molecule has 0 amide bonds. The van der Waals surface area contributed by atoms with Crippen molar-refractivity contribution in [1.29, 1.82) is 0 Å². The SMILES string of the molecule is COC(=O)CC(C(=O)O)c1ccc(OC)cc1. The van der Waals surface area contributed by atoms with Gasteiger partial charge >= 0.3 is 11.9 Å². The van der Waals surface area contributed by atoms with Crippen molar-refractivity contribution in [1.82, 2.24) is 0 Å². The standard InChI is InChI=1S/C12H14O5/c1-16-9-5-3-8(4-6-9)10(12(14)15)7-11(13)17-2/h3-6,10H,7H2,1-2H3,(H,14,15). The Bertz CT molecular complexity index is 396. The van der Waals surface area contributed by atoms with Crippen LogP contribution in [0.4, 0.5) is 0 Å². The maximum absolute atomic E-state index is 11.1.